The predicted octanol–water partition coefficient (Wildman–Crippen LogP) is 4.74. The summed E-state index contributed by atoms with van der Waals surface area (Å²) in [4.78, 5) is 34.5. The highest BCUT2D eigenvalue weighted by Gasteiger charge is 2.23. The van der Waals surface area contributed by atoms with Gasteiger partial charge in [-0.1, -0.05) is 34.8 Å². The van der Waals surface area contributed by atoms with Crippen LogP contribution in [0.1, 0.15) is 17.3 Å². The summed E-state index contributed by atoms with van der Waals surface area (Å²) in [6, 6.07) is 7.81. The number of anilines is 1. The van der Waals surface area contributed by atoms with Crippen LogP contribution in [-0.4, -0.2) is 22.9 Å². The predicted molar refractivity (Wildman–Crippen MR) is 98.1 cm³/mol. The molecule has 0 aliphatic rings. The molecular weight excluding hydrogens is 407 g/mol. The lowest BCUT2D eigenvalue weighted by Crippen LogP contribution is -2.30. The van der Waals surface area contributed by atoms with Gasteiger partial charge >= 0.3 is 5.97 Å². The maximum Gasteiger partial charge on any atom is 0.340 e. The third kappa shape index (κ3) is 4.85. The topological polar surface area (TPSA) is 98.5 Å². The summed E-state index contributed by atoms with van der Waals surface area (Å²) < 4.78 is 5.02. The van der Waals surface area contributed by atoms with Crippen molar-refractivity contribution in [3.8, 4) is 0 Å². The first-order valence-corrected chi connectivity index (χ1v) is 8.23. The van der Waals surface area contributed by atoms with Gasteiger partial charge in [-0.25, -0.2) is 4.79 Å². The molecule has 26 heavy (non-hydrogen) atoms. The molecule has 0 saturated carbocycles. The summed E-state index contributed by atoms with van der Waals surface area (Å²) in [5, 5.41) is 13.9. The Hall–Kier alpha value is -2.35. The van der Waals surface area contributed by atoms with Gasteiger partial charge in [0.1, 0.15) is 0 Å². The van der Waals surface area contributed by atoms with E-state index < -0.39 is 22.9 Å². The van der Waals surface area contributed by atoms with Crippen LogP contribution in [-0.2, 0) is 9.53 Å². The van der Waals surface area contributed by atoms with Gasteiger partial charge in [0.2, 0.25) is 0 Å². The number of rotatable bonds is 5. The molecule has 0 aliphatic carbocycles. The zero-order chi connectivity index (χ0) is 19.4. The van der Waals surface area contributed by atoms with Crippen LogP contribution in [0.25, 0.3) is 0 Å². The molecule has 1 N–H and O–H groups in total. The van der Waals surface area contributed by atoms with E-state index in [1.807, 2.05) is 0 Å². The molecule has 0 fully saturated rings. The van der Waals surface area contributed by atoms with E-state index >= 15 is 0 Å². The van der Waals surface area contributed by atoms with Crippen LogP contribution >= 0.6 is 34.8 Å². The smallest absolute Gasteiger partial charge is 0.340 e. The van der Waals surface area contributed by atoms with Crippen LogP contribution in [0.3, 0.4) is 0 Å². The van der Waals surface area contributed by atoms with Crippen LogP contribution in [0.15, 0.2) is 36.4 Å². The van der Waals surface area contributed by atoms with E-state index in [0.29, 0.717) is 5.02 Å². The average Bonchev–Trinajstić information content (AvgIpc) is 2.58. The fourth-order valence-electron chi connectivity index (χ4n) is 1.89. The summed E-state index contributed by atoms with van der Waals surface area (Å²) >= 11 is 17.7. The Morgan fingerprint density at radius 3 is 2.42 bits per heavy atom. The van der Waals surface area contributed by atoms with Crippen LogP contribution in [0.2, 0.25) is 15.1 Å². The standard InChI is InChI=1S/C16H11Cl3N2O5/c1-8(15(22)20-14-6-9(17)2-4-13(14)19)26-16(23)11-7-10(21(24)25)3-5-12(11)18/h2-8H,1H3,(H,20,22)/t8-/m0/s1. The van der Waals surface area contributed by atoms with E-state index in [4.69, 9.17) is 39.5 Å². The van der Waals surface area contributed by atoms with Gasteiger partial charge in [0.05, 0.1) is 26.2 Å². The second-order valence-electron chi connectivity index (χ2n) is 5.08. The monoisotopic (exact) mass is 416 g/mol. The minimum absolute atomic E-state index is 0.0360. The zero-order valence-corrected chi connectivity index (χ0v) is 15.4. The molecule has 2 aromatic rings. The van der Waals surface area contributed by atoms with Gasteiger partial charge in [-0.05, 0) is 31.2 Å². The molecule has 0 bridgehead atoms. The normalized spacial score (nSPS) is 11.5. The summed E-state index contributed by atoms with van der Waals surface area (Å²) in [6.45, 7) is 1.33. The molecule has 2 aromatic carbocycles. The minimum atomic E-state index is -1.21. The van der Waals surface area contributed by atoms with Crippen molar-refractivity contribution in [3.63, 3.8) is 0 Å². The van der Waals surface area contributed by atoms with E-state index in [2.05, 4.69) is 5.32 Å². The van der Waals surface area contributed by atoms with Crippen molar-refractivity contribution >= 4 is 58.1 Å². The molecule has 0 aliphatic heterocycles. The summed E-state index contributed by atoms with van der Waals surface area (Å²) in [5.74, 6) is -1.64. The Balaban J connectivity index is 2.11. The lowest BCUT2D eigenvalue weighted by Gasteiger charge is -2.15. The molecule has 0 radical (unpaired) electrons. The van der Waals surface area contributed by atoms with Crippen LogP contribution in [0.4, 0.5) is 11.4 Å². The van der Waals surface area contributed by atoms with Gasteiger partial charge in [-0.15, -0.1) is 0 Å². The quantitative estimate of drug-likeness (QED) is 0.430. The number of halogens is 3. The third-order valence-corrected chi connectivity index (χ3v) is 4.11. The third-order valence-electron chi connectivity index (χ3n) is 3.22. The number of amides is 1. The number of carbonyl (C=O) groups excluding carboxylic acids is 2. The van der Waals surface area contributed by atoms with Crippen LogP contribution in [0.5, 0.6) is 0 Å². The molecule has 0 unspecified atom stereocenters. The maximum atomic E-state index is 12.2. The number of hydrogen-bond donors (Lipinski definition) is 1. The van der Waals surface area contributed by atoms with Crippen molar-refractivity contribution < 1.29 is 19.2 Å². The summed E-state index contributed by atoms with van der Waals surface area (Å²) in [5.41, 5.74) is -0.300. The molecule has 7 nitrogen and oxygen atoms in total. The Morgan fingerprint density at radius 1 is 1.12 bits per heavy atom. The minimum Gasteiger partial charge on any atom is -0.449 e. The van der Waals surface area contributed by atoms with Crippen molar-refractivity contribution in [2.24, 2.45) is 0 Å². The van der Waals surface area contributed by atoms with Crippen molar-refractivity contribution in [3.05, 3.63) is 67.1 Å². The number of nitrogens with zero attached hydrogens (tertiary/aromatic N) is 1. The van der Waals surface area contributed by atoms with E-state index in [-0.39, 0.29) is 27.0 Å². The van der Waals surface area contributed by atoms with E-state index in [1.165, 1.54) is 25.1 Å². The highest BCUT2D eigenvalue weighted by molar-refractivity contribution is 6.35. The number of nitrogens with one attached hydrogen (secondary N) is 1. The number of non-ortho nitro benzene ring substituents is 1. The second kappa shape index (κ2) is 8.35. The van der Waals surface area contributed by atoms with E-state index in [9.17, 15) is 19.7 Å². The van der Waals surface area contributed by atoms with Crippen LogP contribution < -0.4 is 5.32 Å². The highest BCUT2D eigenvalue weighted by Crippen LogP contribution is 2.26. The summed E-state index contributed by atoms with van der Waals surface area (Å²) in [6.07, 6.45) is -1.21. The first-order valence-electron chi connectivity index (χ1n) is 7.10. The van der Waals surface area contributed by atoms with Gasteiger partial charge in [0, 0.05) is 17.2 Å². The molecule has 2 rings (SSSR count). The second-order valence-corrected chi connectivity index (χ2v) is 6.33. The fraction of sp³-hybridized carbons (Fsp3) is 0.125. The number of ether oxygens (including phenoxy) is 1. The summed E-state index contributed by atoms with van der Waals surface area (Å²) in [7, 11) is 0. The molecule has 0 spiro atoms. The Bertz CT molecular complexity index is 888. The Morgan fingerprint density at radius 2 is 1.77 bits per heavy atom. The average molecular weight is 418 g/mol. The number of benzene rings is 2. The number of nitro groups is 1. The van der Waals surface area contributed by atoms with E-state index in [0.717, 1.165) is 12.1 Å². The number of hydrogen-bond acceptors (Lipinski definition) is 5. The van der Waals surface area contributed by atoms with E-state index in [1.54, 1.807) is 6.07 Å². The lowest BCUT2D eigenvalue weighted by molar-refractivity contribution is -0.384. The van der Waals surface area contributed by atoms with Gasteiger partial charge in [-0.3, -0.25) is 14.9 Å². The Labute approximate surface area is 162 Å². The van der Waals surface area contributed by atoms with Crippen molar-refractivity contribution in [2.45, 2.75) is 13.0 Å². The number of carbonyl (C=O) groups is 2. The van der Waals surface area contributed by atoms with Gasteiger partial charge < -0.3 is 10.1 Å². The van der Waals surface area contributed by atoms with Crippen molar-refractivity contribution in [2.75, 3.05) is 5.32 Å². The van der Waals surface area contributed by atoms with Crippen molar-refractivity contribution in [1.29, 1.82) is 0 Å². The van der Waals surface area contributed by atoms with Gasteiger partial charge in [0.25, 0.3) is 11.6 Å². The highest BCUT2D eigenvalue weighted by atomic mass is 35.5. The first-order chi connectivity index (χ1) is 12.2. The molecule has 0 saturated heterocycles. The molecule has 1 amide bonds. The Kier molecular flexibility index (Phi) is 6.42. The van der Waals surface area contributed by atoms with Crippen LogP contribution in [0, 0.1) is 10.1 Å². The molecule has 0 aromatic heterocycles. The largest absolute Gasteiger partial charge is 0.449 e. The van der Waals surface area contributed by atoms with Crippen molar-refractivity contribution in [1.82, 2.24) is 0 Å². The van der Waals surface area contributed by atoms with Gasteiger partial charge in [-0.2, -0.15) is 0 Å². The lowest BCUT2D eigenvalue weighted by atomic mass is 10.2. The maximum absolute atomic E-state index is 12.2. The molecule has 1 atom stereocenters. The number of esters is 1. The zero-order valence-electron chi connectivity index (χ0n) is 13.2. The molecule has 0 heterocycles. The fourth-order valence-corrected chi connectivity index (χ4v) is 2.42. The molecular formula is C16H11Cl3N2O5. The SMILES string of the molecule is C[C@H](OC(=O)c1cc([N+](=O)[O-])ccc1Cl)C(=O)Nc1cc(Cl)ccc1Cl. The number of nitro benzene ring substituents is 1. The molecule has 136 valence electrons. The van der Waals surface area contributed by atoms with Gasteiger partial charge in [0.15, 0.2) is 6.10 Å². The molecule has 10 heteroatoms. The first kappa shape index (κ1) is 20.0.